The molecular formula is C30H32ClN3O4S. The van der Waals surface area contributed by atoms with E-state index < -0.39 is 15.9 Å². The van der Waals surface area contributed by atoms with Crippen LogP contribution in [-0.4, -0.2) is 39.0 Å². The van der Waals surface area contributed by atoms with Gasteiger partial charge in [0, 0.05) is 35.9 Å². The quantitative estimate of drug-likeness (QED) is 0.450. The number of hydrogen-bond donors (Lipinski definition) is 1. The van der Waals surface area contributed by atoms with Crippen molar-refractivity contribution in [3.8, 4) is 5.75 Å². The lowest BCUT2D eigenvalue weighted by Crippen LogP contribution is -2.47. The van der Waals surface area contributed by atoms with E-state index in [1.807, 2.05) is 6.07 Å². The molecule has 1 saturated carbocycles. The zero-order valence-corrected chi connectivity index (χ0v) is 23.3. The number of hydrogen-bond acceptors (Lipinski definition) is 6. The Kier molecular flexibility index (Phi) is 7.02. The van der Waals surface area contributed by atoms with E-state index in [1.165, 1.54) is 36.5 Å². The highest BCUT2D eigenvalue weighted by molar-refractivity contribution is 7.90. The highest BCUT2D eigenvalue weighted by Crippen LogP contribution is 2.45. The third-order valence-electron chi connectivity index (χ3n) is 8.38. The van der Waals surface area contributed by atoms with Gasteiger partial charge in [-0.2, -0.15) is 0 Å². The van der Waals surface area contributed by atoms with Gasteiger partial charge in [-0.05, 0) is 97.2 Å². The minimum Gasteiger partial charge on any atom is -0.490 e. The van der Waals surface area contributed by atoms with Crippen molar-refractivity contribution in [2.45, 2.75) is 55.3 Å². The Labute approximate surface area is 234 Å². The molecule has 1 amide bonds. The Balaban J connectivity index is 1.31. The summed E-state index contributed by atoms with van der Waals surface area (Å²) in [6, 6.07) is 14.5. The molecule has 1 atom stereocenters. The molecule has 6 rings (SSSR count). The normalized spacial score (nSPS) is 20.8. The maximum absolute atomic E-state index is 13.3. The Morgan fingerprint density at radius 3 is 2.69 bits per heavy atom. The highest BCUT2D eigenvalue weighted by atomic mass is 35.5. The number of anilines is 1. The number of amides is 1. The number of aromatic nitrogens is 1. The zero-order chi connectivity index (χ0) is 27.0. The van der Waals surface area contributed by atoms with Crippen molar-refractivity contribution in [3.05, 3.63) is 82.6 Å². The number of ether oxygens (including phenoxy) is 1. The van der Waals surface area contributed by atoms with Crippen LogP contribution in [-0.2, 0) is 33.1 Å². The van der Waals surface area contributed by atoms with Crippen molar-refractivity contribution in [1.82, 2.24) is 9.71 Å². The van der Waals surface area contributed by atoms with Gasteiger partial charge < -0.3 is 9.64 Å². The number of rotatable bonds is 6. The molecule has 0 saturated heterocycles. The molecule has 39 heavy (non-hydrogen) atoms. The summed E-state index contributed by atoms with van der Waals surface area (Å²) in [6.07, 6.45) is 9.72. The smallest absolute Gasteiger partial charge is 0.264 e. The van der Waals surface area contributed by atoms with Gasteiger partial charge in [-0.25, -0.2) is 13.1 Å². The van der Waals surface area contributed by atoms with Crippen LogP contribution in [0.15, 0.2) is 65.8 Å². The first-order valence-electron chi connectivity index (χ1n) is 13.6. The summed E-state index contributed by atoms with van der Waals surface area (Å²) in [4.78, 5) is 18.9. The fourth-order valence-electron chi connectivity index (χ4n) is 6.18. The van der Waals surface area contributed by atoms with Crippen LogP contribution in [0.2, 0.25) is 5.02 Å². The predicted molar refractivity (Wildman–Crippen MR) is 151 cm³/mol. The Bertz CT molecular complexity index is 1490. The molecule has 3 aliphatic rings. The van der Waals surface area contributed by atoms with E-state index in [9.17, 15) is 13.2 Å². The Morgan fingerprint density at radius 2 is 1.92 bits per heavy atom. The molecule has 9 heteroatoms. The highest BCUT2D eigenvalue weighted by Gasteiger charge is 2.42. The second kappa shape index (κ2) is 10.5. The van der Waals surface area contributed by atoms with Gasteiger partial charge in [0.25, 0.3) is 10.0 Å². The molecule has 2 aromatic carbocycles. The van der Waals surface area contributed by atoms with Gasteiger partial charge in [0.2, 0.25) is 5.91 Å². The number of aryl methyl sites for hydroxylation is 1. The number of halogens is 1. The molecule has 1 aromatic heterocycles. The SMILES string of the molecule is O=C(Cc1ccncc1)NS(=O)(=O)c1ccc2c(c1)N(CC1CCC1)C[C@@]1(CCCc3cc(Cl)ccc31)CO2. The second-order valence-corrected chi connectivity index (χ2v) is 13.2. The van der Waals surface area contributed by atoms with Crippen LogP contribution >= 0.6 is 11.6 Å². The third kappa shape index (κ3) is 5.37. The average molecular weight is 566 g/mol. The van der Waals surface area contributed by atoms with Gasteiger partial charge >= 0.3 is 0 Å². The second-order valence-electron chi connectivity index (χ2n) is 11.1. The molecule has 204 valence electrons. The van der Waals surface area contributed by atoms with Crippen molar-refractivity contribution in [1.29, 1.82) is 0 Å². The topological polar surface area (TPSA) is 88.6 Å². The van der Waals surface area contributed by atoms with E-state index in [0.29, 0.717) is 23.8 Å². The first-order chi connectivity index (χ1) is 18.8. The van der Waals surface area contributed by atoms with Crippen molar-refractivity contribution >= 4 is 33.2 Å². The summed E-state index contributed by atoms with van der Waals surface area (Å²) >= 11 is 6.34. The van der Waals surface area contributed by atoms with Gasteiger partial charge in [-0.15, -0.1) is 0 Å². The van der Waals surface area contributed by atoms with Crippen LogP contribution in [0, 0.1) is 5.92 Å². The summed E-state index contributed by atoms with van der Waals surface area (Å²) in [5, 5.41) is 0.746. The minimum absolute atomic E-state index is 0.0461. The van der Waals surface area contributed by atoms with Gasteiger partial charge in [-0.1, -0.05) is 24.1 Å². The first-order valence-corrected chi connectivity index (χ1v) is 15.4. The lowest BCUT2D eigenvalue weighted by molar-refractivity contribution is -0.118. The molecule has 0 bridgehead atoms. The zero-order valence-electron chi connectivity index (χ0n) is 21.7. The molecule has 1 fully saturated rings. The van der Waals surface area contributed by atoms with Crippen LogP contribution in [0.1, 0.15) is 48.8 Å². The largest absolute Gasteiger partial charge is 0.490 e. The molecule has 0 radical (unpaired) electrons. The summed E-state index contributed by atoms with van der Waals surface area (Å²) in [6.45, 7) is 2.10. The number of benzene rings is 2. The molecule has 0 unspecified atom stereocenters. The maximum atomic E-state index is 13.3. The van der Waals surface area contributed by atoms with E-state index in [4.69, 9.17) is 16.3 Å². The van der Waals surface area contributed by atoms with Gasteiger partial charge in [0.05, 0.1) is 23.6 Å². The van der Waals surface area contributed by atoms with Crippen LogP contribution in [0.3, 0.4) is 0 Å². The molecule has 1 spiro atoms. The predicted octanol–water partition coefficient (Wildman–Crippen LogP) is 5.06. The number of carbonyl (C=O) groups is 1. The van der Waals surface area contributed by atoms with Gasteiger partial charge in [-0.3, -0.25) is 9.78 Å². The minimum atomic E-state index is -4.07. The van der Waals surface area contributed by atoms with Crippen LogP contribution in [0.4, 0.5) is 5.69 Å². The summed E-state index contributed by atoms with van der Waals surface area (Å²) in [5.41, 5.74) is 3.80. The monoisotopic (exact) mass is 565 g/mol. The van der Waals surface area contributed by atoms with Crippen molar-refractivity contribution in [2.75, 3.05) is 24.6 Å². The van der Waals surface area contributed by atoms with Crippen LogP contribution < -0.4 is 14.4 Å². The molecule has 1 N–H and O–H groups in total. The Hall–Kier alpha value is -3.10. The molecule has 3 aromatic rings. The van der Waals surface area contributed by atoms with Gasteiger partial charge in [0.15, 0.2) is 0 Å². The van der Waals surface area contributed by atoms with E-state index >= 15 is 0 Å². The number of pyridine rings is 1. The molecule has 7 nitrogen and oxygen atoms in total. The standard InChI is InChI=1S/C30H32ClN3O4S/c31-24-6-8-26-23(16-24)5-2-12-30(26)19-34(18-22-3-1-4-22)27-17-25(7-9-28(27)38-20-30)39(36,37)33-29(35)15-21-10-13-32-14-11-21/h6-11,13-14,16-17,22H,1-5,12,15,18-20H2,(H,33,35)/t30-/m0/s1. The number of nitrogens with zero attached hydrogens (tertiary/aromatic N) is 2. The first kappa shape index (κ1) is 26.1. The number of carbonyl (C=O) groups excluding carboxylic acids is 1. The average Bonchev–Trinajstić information content (AvgIpc) is 3.03. The fraction of sp³-hybridized carbons (Fsp3) is 0.400. The van der Waals surface area contributed by atoms with Crippen molar-refractivity contribution in [3.63, 3.8) is 0 Å². The van der Waals surface area contributed by atoms with Crippen LogP contribution in [0.25, 0.3) is 0 Å². The lowest BCUT2D eigenvalue weighted by Gasteiger charge is -2.42. The lowest BCUT2D eigenvalue weighted by atomic mass is 9.70. The number of nitrogens with one attached hydrogen (secondary N) is 1. The van der Waals surface area contributed by atoms with E-state index in [2.05, 4.69) is 26.7 Å². The van der Waals surface area contributed by atoms with Crippen molar-refractivity contribution in [2.24, 2.45) is 5.92 Å². The van der Waals surface area contributed by atoms with Crippen molar-refractivity contribution < 1.29 is 17.9 Å². The molecule has 2 aliphatic carbocycles. The van der Waals surface area contributed by atoms with E-state index in [1.54, 1.807) is 36.7 Å². The molecular weight excluding hydrogens is 534 g/mol. The van der Waals surface area contributed by atoms with Gasteiger partial charge in [0.1, 0.15) is 5.75 Å². The number of sulfonamides is 1. The molecule has 1 aliphatic heterocycles. The van der Waals surface area contributed by atoms with Crippen LogP contribution in [0.5, 0.6) is 5.75 Å². The van der Waals surface area contributed by atoms with E-state index in [0.717, 1.165) is 43.1 Å². The number of fused-ring (bicyclic) bond motifs is 3. The fourth-order valence-corrected chi connectivity index (χ4v) is 7.38. The summed E-state index contributed by atoms with van der Waals surface area (Å²) in [5.74, 6) is 0.658. The van der Waals surface area contributed by atoms with E-state index in [-0.39, 0.29) is 16.7 Å². The summed E-state index contributed by atoms with van der Waals surface area (Å²) in [7, 11) is -4.07. The third-order valence-corrected chi connectivity index (χ3v) is 9.99. The Morgan fingerprint density at radius 1 is 1.10 bits per heavy atom. The summed E-state index contributed by atoms with van der Waals surface area (Å²) < 4.78 is 35.2. The molecule has 2 heterocycles. The maximum Gasteiger partial charge on any atom is 0.264 e.